The average Bonchev–Trinajstić information content (AvgIpc) is 2.59. The smallest absolute Gasteiger partial charge is 0.198 e. The number of anilines is 1. The minimum Gasteiger partial charge on any atom is -0.395 e. The Kier molecular flexibility index (Phi) is 4.94. The van der Waals surface area contributed by atoms with Crippen molar-refractivity contribution in [1.29, 1.82) is 0 Å². The number of aliphatic hydroxyl groups excluding tert-OH is 1. The summed E-state index contributed by atoms with van der Waals surface area (Å²) in [6.45, 7) is 1.77. The molecule has 0 aliphatic heterocycles. The molecule has 0 aromatic heterocycles. The fourth-order valence-electron chi connectivity index (χ4n) is 2.84. The maximum Gasteiger partial charge on any atom is 0.198 e. The van der Waals surface area contributed by atoms with Gasteiger partial charge in [-0.1, -0.05) is 35.9 Å². The van der Waals surface area contributed by atoms with Crippen LogP contribution in [0.1, 0.15) is 31.8 Å². The van der Waals surface area contributed by atoms with E-state index in [-0.39, 0.29) is 28.8 Å². The van der Waals surface area contributed by atoms with E-state index in [0.29, 0.717) is 42.0 Å². The minimum absolute atomic E-state index is 0.0724. The van der Waals surface area contributed by atoms with E-state index in [0.717, 1.165) is 0 Å². The van der Waals surface area contributed by atoms with E-state index in [4.69, 9.17) is 16.7 Å². The lowest BCUT2D eigenvalue weighted by Gasteiger charge is -2.21. The van der Waals surface area contributed by atoms with Gasteiger partial charge < -0.3 is 15.7 Å². The fraction of sp³-hybridized carbons (Fsp3) is 0.222. The molecule has 0 heterocycles. The molecule has 0 atom stereocenters. The molecule has 3 rings (SSSR count). The van der Waals surface area contributed by atoms with Gasteiger partial charge in [-0.3, -0.25) is 9.59 Å². The SMILES string of the molecule is O=C1c2cccc(Cl)c2C(=O)c2c(NCCNCCO)cccc21. The van der Waals surface area contributed by atoms with E-state index >= 15 is 0 Å². The van der Waals surface area contributed by atoms with Crippen LogP contribution < -0.4 is 10.6 Å². The molecule has 24 heavy (non-hydrogen) atoms. The van der Waals surface area contributed by atoms with E-state index in [9.17, 15) is 9.59 Å². The topological polar surface area (TPSA) is 78.4 Å². The molecule has 6 heteroatoms. The first kappa shape index (κ1) is 16.6. The first-order valence-corrected chi connectivity index (χ1v) is 8.09. The molecule has 0 unspecified atom stereocenters. The van der Waals surface area contributed by atoms with Gasteiger partial charge in [0.15, 0.2) is 11.6 Å². The summed E-state index contributed by atoms with van der Waals surface area (Å²) >= 11 is 6.16. The Hall–Kier alpha value is -2.21. The van der Waals surface area contributed by atoms with Gasteiger partial charge in [0.2, 0.25) is 0 Å². The van der Waals surface area contributed by atoms with Crippen LogP contribution in [0.4, 0.5) is 5.69 Å². The number of carbonyl (C=O) groups excluding carboxylic acids is 2. The minimum atomic E-state index is -0.239. The highest BCUT2D eigenvalue weighted by Crippen LogP contribution is 2.35. The summed E-state index contributed by atoms with van der Waals surface area (Å²) in [4.78, 5) is 25.6. The van der Waals surface area contributed by atoms with Crippen molar-refractivity contribution < 1.29 is 14.7 Å². The number of benzene rings is 2. The summed E-state index contributed by atoms with van der Waals surface area (Å²) in [6.07, 6.45) is 0. The summed E-state index contributed by atoms with van der Waals surface area (Å²) < 4.78 is 0. The number of nitrogens with one attached hydrogen (secondary N) is 2. The van der Waals surface area contributed by atoms with E-state index < -0.39 is 0 Å². The van der Waals surface area contributed by atoms with Gasteiger partial charge in [0, 0.05) is 36.4 Å². The monoisotopic (exact) mass is 344 g/mol. The summed E-state index contributed by atoms with van der Waals surface area (Å²) in [5.41, 5.74) is 1.99. The second kappa shape index (κ2) is 7.13. The molecule has 0 saturated carbocycles. The third-order valence-electron chi connectivity index (χ3n) is 3.93. The molecule has 1 aliphatic rings. The number of halogens is 1. The lowest BCUT2D eigenvalue weighted by atomic mass is 9.83. The Morgan fingerprint density at radius 3 is 2.33 bits per heavy atom. The van der Waals surface area contributed by atoms with E-state index in [1.165, 1.54) is 0 Å². The molecule has 0 spiro atoms. The van der Waals surface area contributed by atoms with Crippen molar-refractivity contribution in [3.05, 3.63) is 63.7 Å². The first-order valence-electron chi connectivity index (χ1n) is 7.71. The molecular weight excluding hydrogens is 328 g/mol. The highest BCUT2D eigenvalue weighted by molar-refractivity contribution is 6.39. The van der Waals surface area contributed by atoms with Crippen LogP contribution >= 0.6 is 11.6 Å². The van der Waals surface area contributed by atoms with Gasteiger partial charge in [0.25, 0.3) is 0 Å². The number of fused-ring (bicyclic) bond motifs is 2. The van der Waals surface area contributed by atoms with Gasteiger partial charge in [-0.25, -0.2) is 0 Å². The molecule has 0 fully saturated rings. The molecule has 124 valence electrons. The van der Waals surface area contributed by atoms with Crippen molar-refractivity contribution in [2.75, 3.05) is 31.6 Å². The zero-order valence-corrected chi connectivity index (χ0v) is 13.7. The van der Waals surface area contributed by atoms with Crippen LogP contribution in [-0.4, -0.2) is 42.9 Å². The predicted molar refractivity (Wildman–Crippen MR) is 93.2 cm³/mol. The Morgan fingerprint density at radius 2 is 1.58 bits per heavy atom. The van der Waals surface area contributed by atoms with Gasteiger partial charge in [-0.2, -0.15) is 0 Å². The summed E-state index contributed by atoms with van der Waals surface area (Å²) in [5.74, 6) is -0.430. The molecule has 2 aromatic rings. The van der Waals surface area contributed by atoms with Crippen molar-refractivity contribution in [3.63, 3.8) is 0 Å². The zero-order chi connectivity index (χ0) is 17.1. The van der Waals surface area contributed by atoms with Crippen molar-refractivity contribution in [2.45, 2.75) is 0 Å². The molecule has 5 nitrogen and oxygen atoms in total. The molecule has 0 bridgehead atoms. The molecule has 0 radical (unpaired) electrons. The standard InChI is InChI=1S/C18H17ClN2O3/c19-13-5-1-3-11-15(13)18(24)16-12(17(11)23)4-2-6-14(16)21-8-7-20-9-10-22/h1-6,20-22H,7-10H2. The quantitative estimate of drug-likeness (QED) is 0.597. The van der Waals surface area contributed by atoms with Crippen LogP contribution in [0.15, 0.2) is 36.4 Å². The van der Waals surface area contributed by atoms with Gasteiger partial charge in [0.05, 0.1) is 22.8 Å². The third-order valence-corrected chi connectivity index (χ3v) is 4.24. The zero-order valence-electron chi connectivity index (χ0n) is 12.9. The lowest BCUT2D eigenvalue weighted by molar-refractivity contribution is 0.0979. The molecule has 3 N–H and O–H groups in total. The van der Waals surface area contributed by atoms with Crippen LogP contribution in [0.5, 0.6) is 0 Å². The summed E-state index contributed by atoms with van der Waals surface area (Å²) in [6, 6.07) is 10.1. The normalized spacial score (nSPS) is 12.8. The van der Waals surface area contributed by atoms with Crippen molar-refractivity contribution in [2.24, 2.45) is 0 Å². The highest BCUT2D eigenvalue weighted by Gasteiger charge is 2.33. The average molecular weight is 345 g/mol. The number of hydrogen-bond acceptors (Lipinski definition) is 5. The fourth-order valence-corrected chi connectivity index (χ4v) is 3.10. The molecule has 0 amide bonds. The lowest BCUT2D eigenvalue weighted by Crippen LogP contribution is -2.27. The first-order chi connectivity index (χ1) is 11.6. The predicted octanol–water partition coefficient (Wildman–Crippen LogP) is 2.11. The number of hydrogen-bond donors (Lipinski definition) is 3. The molecule has 2 aromatic carbocycles. The van der Waals surface area contributed by atoms with Crippen LogP contribution in [-0.2, 0) is 0 Å². The Labute approximate surface area is 144 Å². The number of ketones is 2. The van der Waals surface area contributed by atoms with Crippen LogP contribution in [0.3, 0.4) is 0 Å². The van der Waals surface area contributed by atoms with Gasteiger partial charge in [-0.15, -0.1) is 0 Å². The number of carbonyl (C=O) groups is 2. The third kappa shape index (κ3) is 2.94. The van der Waals surface area contributed by atoms with Crippen LogP contribution in [0.2, 0.25) is 5.02 Å². The molecule has 0 saturated heterocycles. The van der Waals surface area contributed by atoms with Crippen molar-refractivity contribution >= 4 is 28.9 Å². The van der Waals surface area contributed by atoms with Crippen molar-refractivity contribution in [3.8, 4) is 0 Å². The number of rotatable bonds is 6. The maximum atomic E-state index is 12.9. The summed E-state index contributed by atoms with van der Waals surface area (Å²) in [7, 11) is 0. The largest absolute Gasteiger partial charge is 0.395 e. The van der Waals surface area contributed by atoms with Gasteiger partial charge in [0.1, 0.15) is 0 Å². The summed E-state index contributed by atoms with van der Waals surface area (Å²) in [5, 5.41) is 15.3. The van der Waals surface area contributed by atoms with Gasteiger partial charge in [-0.05, 0) is 12.1 Å². The van der Waals surface area contributed by atoms with E-state index in [1.807, 2.05) is 0 Å². The van der Waals surface area contributed by atoms with E-state index in [1.54, 1.807) is 36.4 Å². The second-order valence-electron chi connectivity index (χ2n) is 5.45. The maximum absolute atomic E-state index is 12.9. The Morgan fingerprint density at radius 1 is 0.875 bits per heavy atom. The Balaban J connectivity index is 1.93. The number of aliphatic hydroxyl groups is 1. The van der Waals surface area contributed by atoms with Crippen LogP contribution in [0.25, 0.3) is 0 Å². The van der Waals surface area contributed by atoms with Crippen LogP contribution in [0, 0.1) is 0 Å². The molecule has 1 aliphatic carbocycles. The Bertz CT molecular complexity index is 805. The van der Waals surface area contributed by atoms with Crippen molar-refractivity contribution in [1.82, 2.24) is 5.32 Å². The van der Waals surface area contributed by atoms with Gasteiger partial charge >= 0.3 is 0 Å². The molecular formula is C18H17ClN2O3. The second-order valence-corrected chi connectivity index (χ2v) is 5.86. The highest BCUT2D eigenvalue weighted by atomic mass is 35.5. The van der Waals surface area contributed by atoms with E-state index in [2.05, 4.69) is 10.6 Å².